The fraction of sp³-hybridized carbons (Fsp3) is 0.316. The zero-order chi connectivity index (χ0) is 16.6. The number of Topliss-reactive ketones (excluding diaryl/α,β-unsaturated/α-hetero) is 1. The molecule has 0 aliphatic carbocycles. The van der Waals surface area contributed by atoms with Gasteiger partial charge in [0.1, 0.15) is 17.4 Å². The quantitative estimate of drug-likeness (QED) is 0.900. The number of hydrogen-bond acceptors (Lipinski definition) is 2. The van der Waals surface area contributed by atoms with Gasteiger partial charge in [0.05, 0.1) is 0 Å². The van der Waals surface area contributed by atoms with Gasteiger partial charge >= 0.3 is 0 Å². The fourth-order valence-electron chi connectivity index (χ4n) is 3.34. The van der Waals surface area contributed by atoms with Gasteiger partial charge in [0.15, 0.2) is 0 Å². The molecule has 0 radical (unpaired) electrons. The molecule has 3 rings (SSSR count). The van der Waals surface area contributed by atoms with Crippen LogP contribution in [0.4, 0.5) is 8.78 Å². The smallest absolute Gasteiger partial charge is 0.142 e. The average Bonchev–Trinajstić information content (AvgIpc) is 2.55. The van der Waals surface area contributed by atoms with Crippen LogP contribution in [-0.2, 0) is 4.79 Å². The molecular weight excluding hydrogens is 296 g/mol. The molecule has 0 bridgehead atoms. The number of nitrogens with one attached hydrogen (secondary N) is 1. The predicted molar refractivity (Wildman–Crippen MR) is 84.8 cm³/mol. The molecule has 2 aromatic rings. The van der Waals surface area contributed by atoms with Gasteiger partial charge in [-0.05, 0) is 35.4 Å². The van der Waals surface area contributed by atoms with Crippen molar-refractivity contribution in [1.29, 1.82) is 0 Å². The molecule has 120 valence electrons. The van der Waals surface area contributed by atoms with Gasteiger partial charge in [0.2, 0.25) is 0 Å². The maximum Gasteiger partial charge on any atom is 0.142 e. The second-order valence-electron chi connectivity index (χ2n) is 6.20. The van der Waals surface area contributed by atoms with Gasteiger partial charge in [-0.2, -0.15) is 0 Å². The molecule has 4 heteroatoms. The van der Waals surface area contributed by atoms with Gasteiger partial charge in [-0.1, -0.05) is 38.1 Å². The Morgan fingerprint density at radius 2 is 1.09 bits per heavy atom. The van der Waals surface area contributed by atoms with Crippen LogP contribution in [0.25, 0.3) is 0 Å². The van der Waals surface area contributed by atoms with E-state index in [2.05, 4.69) is 5.32 Å². The Hall–Kier alpha value is -2.07. The van der Waals surface area contributed by atoms with Crippen LogP contribution in [0.2, 0.25) is 0 Å². The van der Waals surface area contributed by atoms with E-state index in [9.17, 15) is 13.6 Å². The van der Waals surface area contributed by atoms with E-state index in [1.807, 2.05) is 13.8 Å². The lowest BCUT2D eigenvalue weighted by atomic mass is 9.76. The molecule has 0 amide bonds. The van der Waals surface area contributed by atoms with Gasteiger partial charge in [0, 0.05) is 23.9 Å². The van der Waals surface area contributed by atoms with Gasteiger partial charge in [-0.3, -0.25) is 4.79 Å². The van der Waals surface area contributed by atoms with Crippen LogP contribution in [0.3, 0.4) is 0 Å². The first kappa shape index (κ1) is 15.8. The first-order chi connectivity index (χ1) is 11.0. The zero-order valence-corrected chi connectivity index (χ0v) is 13.1. The number of carbonyl (C=O) groups is 1. The van der Waals surface area contributed by atoms with Gasteiger partial charge < -0.3 is 5.32 Å². The SMILES string of the molecule is C[C@@H]1C(=O)[C@H](C)[C@H](c2ccc(F)cc2)N[C@H]1c1ccc(F)cc1. The Kier molecular flexibility index (Phi) is 4.26. The summed E-state index contributed by atoms with van der Waals surface area (Å²) in [5.41, 5.74) is 1.76. The Balaban J connectivity index is 1.94. The molecule has 0 unspecified atom stereocenters. The summed E-state index contributed by atoms with van der Waals surface area (Å²) in [7, 11) is 0. The maximum absolute atomic E-state index is 13.1. The summed E-state index contributed by atoms with van der Waals surface area (Å²) < 4.78 is 26.3. The Morgan fingerprint density at radius 1 is 0.739 bits per heavy atom. The lowest BCUT2D eigenvalue weighted by Crippen LogP contribution is -2.46. The highest BCUT2D eigenvalue weighted by atomic mass is 19.1. The monoisotopic (exact) mass is 315 g/mol. The minimum atomic E-state index is -0.299. The normalized spacial score (nSPS) is 27.9. The highest BCUT2D eigenvalue weighted by Gasteiger charge is 2.40. The number of halogens is 2. The molecule has 4 atom stereocenters. The van der Waals surface area contributed by atoms with E-state index < -0.39 is 0 Å². The minimum Gasteiger partial charge on any atom is -0.302 e. The third kappa shape index (κ3) is 3.04. The Morgan fingerprint density at radius 3 is 1.43 bits per heavy atom. The van der Waals surface area contributed by atoms with E-state index in [1.165, 1.54) is 24.3 Å². The van der Waals surface area contributed by atoms with Crippen molar-refractivity contribution in [2.75, 3.05) is 0 Å². The van der Waals surface area contributed by atoms with Crippen molar-refractivity contribution in [1.82, 2.24) is 5.32 Å². The number of benzene rings is 2. The van der Waals surface area contributed by atoms with E-state index in [4.69, 9.17) is 0 Å². The minimum absolute atomic E-state index is 0.160. The molecule has 1 heterocycles. The average molecular weight is 315 g/mol. The molecule has 2 nitrogen and oxygen atoms in total. The molecule has 0 saturated carbocycles. The summed E-state index contributed by atoms with van der Waals surface area (Å²) in [4.78, 5) is 12.6. The third-order valence-corrected chi connectivity index (χ3v) is 4.71. The highest BCUT2D eigenvalue weighted by Crippen LogP contribution is 2.38. The summed E-state index contributed by atoms with van der Waals surface area (Å²) in [6.45, 7) is 3.78. The van der Waals surface area contributed by atoms with Gasteiger partial charge in [-0.25, -0.2) is 8.78 Å². The van der Waals surface area contributed by atoms with Crippen LogP contribution in [0, 0.1) is 23.5 Å². The van der Waals surface area contributed by atoms with Crippen molar-refractivity contribution in [2.45, 2.75) is 25.9 Å². The van der Waals surface area contributed by atoms with Crippen LogP contribution >= 0.6 is 0 Å². The lowest BCUT2D eigenvalue weighted by molar-refractivity contribution is -0.130. The van der Waals surface area contributed by atoms with Gasteiger partial charge in [0.25, 0.3) is 0 Å². The first-order valence-corrected chi connectivity index (χ1v) is 7.78. The van der Waals surface area contributed by atoms with Crippen molar-refractivity contribution in [2.24, 2.45) is 11.8 Å². The third-order valence-electron chi connectivity index (χ3n) is 4.71. The van der Waals surface area contributed by atoms with Crippen LogP contribution in [-0.4, -0.2) is 5.78 Å². The second kappa shape index (κ2) is 6.20. The van der Waals surface area contributed by atoms with Crippen LogP contribution in [0.1, 0.15) is 37.1 Å². The molecule has 0 spiro atoms. The molecule has 1 N–H and O–H groups in total. The number of rotatable bonds is 2. The summed E-state index contributed by atoms with van der Waals surface area (Å²) in [6, 6.07) is 12.0. The van der Waals surface area contributed by atoms with Crippen LogP contribution in [0.15, 0.2) is 48.5 Å². The van der Waals surface area contributed by atoms with E-state index in [0.717, 1.165) is 11.1 Å². The molecule has 0 aromatic heterocycles. The molecular formula is C19H19F2NO. The van der Waals surface area contributed by atoms with Crippen molar-refractivity contribution in [3.63, 3.8) is 0 Å². The van der Waals surface area contributed by atoms with E-state index in [0.29, 0.717) is 0 Å². The maximum atomic E-state index is 13.1. The summed E-state index contributed by atoms with van der Waals surface area (Å²) >= 11 is 0. The van der Waals surface area contributed by atoms with Crippen molar-refractivity contribution in [3.05, 3.63) is 71.3 Å². The van der Waals surface area contributed by atoms with Crippen LogP contribution < -0.4 is 5.32 Å². The van der Waals surface area contributed by atoms with Gasteiger partial charge in [-0.15, -0.1) is 0 Å². The van der Waals surface area contributed by atoms with E-state index in [1.54, 1.807) is 24.3 Å². The predicted octanol–water partition coefficient (Wildman–Crippen LogP) is 4.19. The summed E-state index contributed by atoms with van der Waals surface area (Å²) in [5.74, 6) is -0.842. The largest absolute Gasteiger partial charge is 0.302 e. The van der Waals surface area contributed by atoms with E-state index >= 15 is 0 Å². The molecule has 1 saturated heterocycles. The Labute approximate surface area is 134 Å². The van der Waals surface area contributed by atoms with E-state index in [-0.39, 0.29) is 41.3 Å². The molecule has 2 aromatic carbocycles. The van der Waals surface area contributed by atoms with Crippen molar-refractivity contribution < 1.29 is 13.6 Å². The fourth-order valence-corrected chi connectivity index (χ4v) is 3.34. The topological polar surface area (TPSA) is 29.1 Å². The molecule has 23 heavy (non-hydrogen) atoms. The lowest BCUT2D eigenvalue weighted by Gasteiger charge is -2.39. The summed E-state index contributed by atoms with van der Waals surface area (Å²) in [5, 5.41) is 3.49. The number of ketones is 1. The molecule has 1 aliphatic rings. The Bertz CT molecular complexity index is 637. The summed E-state index contributed by atoms with van der Waals surface area (Å²) in [6.07, 6.45) is 0. The van der Waals surface area contributed by atoms with Crippen molar-refractivity contribution >= 4 is 5.78 Å². The van der Waals surface area contributed by atoms with Crippen molar-refractivity contribution in [3.8, 4) is 0 Å². The second-order valence-corrected chi connectivity index (χ2v) is 6.20. The highest BCUT2D eigenvalue weighted by molar-refractivity contribution is 5.85. The molecule has 1 aliphatic heterocycles. The number of piperidine rings is 1. The standard InChI is InChI=1S/C19H19F2NO/c1-11-17(13-3-7-15(20)8-4-13)22-18(12(2)19(11)23)14-5-9-16(21)10-6-14/h3-12,17-18,22H,1-2H3/t11-,12+,17-,18-/m1/s1. The number of carbonyl (C=O) groups excluding carboxylic acids is 1. The zero-order valence-electron chi connectivity index (χ0n) is 13.1. The van der Waals surface area contributed by atoms with Crippen LogP contribution in [0.5, 0.6) is 0 Å². The number of hydrogen-bond donors (Lipinski definition) is 1. The molecule has 1 fully saturated rings. The first-order valence-electron chi connectivity index (χ1n) is 7.78.